The van der Waals surface area contributed by atoms with Crippen LogP contribution in [-0.2, 0) is 0 Å². The molecule has 2 aromatic rings. The molecule has 5 nitrogen and oxygen atoms in total. The summed E-state index contributed by atoms with van der Waals surface area (Å²) in [6.07, 6.45) is 0. The highest BCUT2D eigenvalue weighted by Crippen LogP contribution is 2.26. The second kappa shape index (κ2) is 4.47. The second-order valence-corrected chi connectivity index (χ2v) is 3.94. The van der Waals surface area contributed by atoms with Gasteiger partial charge in [0.1, 0.15) is 11.6 Å². The van der Waals surface area contributed by atoms with E-state index in [-0.39, 0.29) is 11.8 Å². The fourth-order valence-electron chi connectivity index (χ4n) is 1.35. The maximum Gasteiger partial charge on any atom is 0.226 e. The third kappa shape index (κ3) is 2.76. The Morgan fingerprint density at radius 1 is 1.18 bits per heavy atom. The number of aromatic nitrogens is 2. The lowest BCUT2D eigenvalue weighted by atomic mass is 10.2. The van der Waals surface area contributed by atoms with Crippen molar-refractivity contribution in [3.8, 4) is 11.6 Å². The lowest BCUT2D eigenvalue weighted by molar-refractivity contribution is 0.459. The van der Waals surface area contributed by atoms with Gasteiger partial charge in [0.05, 0.1) is 0 Å². The first-order valence-electron chi connectivity index (χ1n) is 4.88. The van der Waals surface area contributed by atoms with Crippen LogP contribution in [0, 0.1) is 6.92 Å². The molecule has 0 aliphatic rings. The van der Waals surface area contributed by atoms with E-state index < -0.39 is 0 Å². The van der Waals surface area contributed by atoms with Gasteiger partial charge in [-0.2, -0.15) is 9.97 Å². The molecule has 6 heteroatoms. The number of nitrogens with two attached hydrogens (primary N) is 2. The molecule has 0 saturated heterocycles. The van der Waals surface area contributed by atoms with Crippen LogP contribution in [0.4, 0.5) is 11.8 Å². The van der Waals surface area contributed by atoms with Gasteiger partial charge in [-0.15, -0.1) is 0 Å². The number of halogens is 1. The van der Waals surface area contributed by atoms with Crippen LogP contribution in [0.25, 0.3) is 0 Å². The Morgan fingerprint density at radius 3 is 2.59 bits per heavy atom. The highest BCUT2D eigenvalue weighted by atomic mass is 35.5. The Labute approximate surface area is 103 Å². The summed E-state index contributed by atoms with van der Waals surface area (Å²) in [5, 5.41) is 0.650. The number of ether oxygens (including phenoxy) is 1. The molecule has 4 N–H and O–H groups in total. The first-order chi connectivity index (χ1) is 8.04. The van der Waals surface area contributed by atoms with Crippen molar-refractivity contribution in [2.24, 2.45) is 0 Å². The molecule has 0 spiro atoms. The molecule has 0 radical (unpaired) electrons. The van der Waals surface area contributed by atoms with Gasteiger partial charge in [0.15, 0.2) is 0 Å². The number of aryl methyl sites for hydroxylation is 1. The Morgan fingerprint density at radius 2 is 1.94 bits per heavy atom. The first kappa shape index (κ1) is 11.5. The fourth-order valence-corrected chi connectivity index (χ4v) is 1.58. The molecule has 0 saturated carbocycles. The van der Waals surface area contributed by atoms with Crippen LogP contribution < -0.4 is 16.2 Å². The molecule has 0 unspecified atom stereocenters. The third-order valence-corrected chi connectivity index (χ3v) is 2.33. The molecule has 88 valence electrons. The number of hydrogen-bond donors (Lipinski definition) is 2. The largest absolute Gasteiger partial charge is 0.439 e. The fraction of sp³-hybridized carbons (Fsp3) is 0.0909. The van der Waals surface area contributed by atoms with Gasteiger partial charge >= 0.3 is 0 Å². The van der Waals surface area contributed by atoms with Crippen LogP contribution in [0.15, 0.2) is 24.3 Å². The average Bonchev–Trinajstić information content (AvgIpc) is 2.21. The van der Waals surface area contributed by atoms with Crippen LogP contribution in [0.5, 0.6) is 11.6 Å². The molecule has 0 aliphatic heterocycles. The van der Waals surface area contributed by atoms with Crippen molar-refractivity contribution in [2.45, 2.75) is 6.92 Å². The Bertz CT molecular complexity index is 539. The summed E-state index contributed by atoms with van der Waals surface area (Å²) in [7, 11) is 0. The van der Waals surface area contributed by atoms with E-state index in [0.717, 1.165) is 5.56 Å². The molecular formula is C11H11ClN4O. The van der Waals surface area contributed by atoms with Crippen LogP contribution in [0.3, 0.4) is 0 Å². The topological polar surface area (TPSA) is 87.0 Å². The lowest BCUT2D eigenvalue weighted by Crippen LogP contribution is -2.01. The number of hydrogen-bond acceptors (Lipinski definition) is 5. The molecular weight excluding hydrogens is 240 g/mol. The maximum atomic E-state index is 5.85. The molecule has 1 heterocycles. The summed E-state index contributed by atoms with van der Waals surface area (Å²) in [5.41, 5.74) is 11.9. The van der Waals surface area contributed by atoms with Crippen LogP contribution in [-0.4, -0.2) is 9.97 Å². The zero-order valence-electron chi connectivity index (χ0n) is 9.14. The minimum atomic E-state index is 0.0756. The number of anilines is 2. The van der Waals surface area contributed by atoms with Crippen molar-refractivity contribution in [3.05, 3.63) is 34.9 Å². The first-order valence-corrected chi connectivity index (χ1v) is 5.26. The third-order valence-electron chi connectivity index (χ3n) is 2.09. The number of nitrogens with zero attached hydrogens (tertiary/aromatic N) is 2. The molecule has 1 aromatic heterocycles. The molecule has 2 rings (SSSR count). The minimum Gasteiger partial charge on any atom is -0.439 e. The average molecular weight is 251 g/mol. The van der Waals surface area contributed by atoms with Gasteiger partial charge in [-0.25, -0.2) is 0 Å². The summed E-state index contributed by atoms with van der Waals surface area (Å²) in [6, 6.07) is 6.79. The minimum absolute atomic E-state index is 0.0756. The lowest BCUT2D eigenvalue weighted by Gasteiger charge is -2.08. The summed E-state index contributed by atoms with van der Waals surface area (Å²) >= 11 is 5.85. The van der Waals surface area contributed by atoms with E-state index >= 15 is 0 Å². The van der Waals surface area contributed by atoms with Gasteiger partial charge in [0.25, 0.3) is 0 Å². The van der Waals surface area contributed by atoms with E-state index in [1.807, 2.05) is 6.92 Å². The van der Waals surface area contributed by atoms with Crippen LogP contribution in [0.2, 0.25) is 5.02 Å². The van der Waals surface area contributed by atoms with Crippen molar-refractivity contribution in [2.75, 3.05) is 11.5 Å². The maximum absolute atomic E-state index is 5.85. The van der Waals surface area contributed by atoms with Gasteiger partial charge in [-0.05, 0) is 30.7 Å². The number of nitrogen functional groups attached to an aromatic ring is 2. The molecule has 0 bridgehead atoms. The number of rotatable bonds is 2. The van der Waals surface area contributed by atoms with E-state index in [2.05, 4.69) is 9.97 Å². The monoisotopic (exact) mass is 250 g/mol. The van der Waals surface area contributed by atoms with E-state index in [4.69, 9.17) is 27.8 Å². The second-order valence-electron chi connectivity index (χ2n) is 3.50. The van der Waals surface area contributed by atoms with E-state index in [1.165, 1.54) is 6.07 Å². The van der Waals surface area contributed by atoms with E-state index in [0.29, 0.717) is 16.7 Å². The summed E-state index contributed by atoms with van der Waals surface area (Å²) in [6.45, 7) is 1.88. The molecule has 1 aromatic carbocycles. The molecule has 0 aliphatic carbocycles. The molecule has 0 atom stereocenters. The smallest absolute Gasteiger partial charge is 0.226 e. The summed E-state index contributed by atoms with van der Waals surface area (Å²) in [4.78, 5) is 7.68. The zero-order valence-corrected chi connectivity index (χ0v) is 9.90. The van der Waals surface area contributed by atoms with Crippen molar-refractivity contribution >= 4 is 23.4 Å². The van der Waals surface area contributed by atoms with Crippen LogP contribution >= 0.6 is 11.6 Å². The summed E-state index contributed by atoms with van der Waals surface area (Å²) in [5.74, 6) is 1.29. The van der Waals surface area contributed by atoms with E-state index in [1.54, 1.807) is 18.2 Å². The zero-order chi connectivity index (χ0) is 12.4. The van der Waals surface area contributed by atoms with Gasteiger partial charge in [-0.3, -0.25) is 0 Å². The standard InChI is InChI=1S/C11H11ClN4O/c1-6-4-7(12)2-3-8(6)17-10-5-9(13)15-11(14)16-10/h2-5H,1H3,(H4,13,14,15,16). The van der Waals surface area contributed by atoms with Crippen LogP contribution in [0.1, 0.15) is 5.56 Å². The Hall–Kier alpha value is -2.01. The van der Waals surface area contributed by atoms with Crippen molar-refractivity contribution in [1.29, 1.82) is 0 Å². The summed E-state index contributed by atoms with van der Waals surface area (Å²) < 4.78 is 5.56. The predicted octanol–water partition coefficient (Wildman–Crippen LogP) is 2.40. The number of benzene rings is 1. The SMILES string of the molecule is Cc1cc(Cl)ccc1Oc1cc(N)nc(N)n1. The highest BCUT2D eigenvalue weighted by Gasteiger charge is 2.05. The quantitative estimate of drug-likeness (QED) is 0.855. The molecule has 17 heavy (non-hydrogen) atoms. The predicted molar refractivity (Wildman–Crippen MR) is 67.1 cm³/mol. The molecule has 0 amide bonds. The van der Waals surface area contributed by atoms with E-state index in [9.17, 15) is 0 Å². The van der Waals surface area contributed by atoms with Gasteiger partial charge in [0, 0.05) is 11.1 Å². The van der Waals surface area contributed by atoms with Crippen molar-refractivity contribution in [3.63, 3.8) is 0 Å². The molecule has 0 fully saturated rings. The van der Waals surface area contributed by atoms with Gasteiger partial charge < -0.3 is 16.2 Å². The highest BCUT2D eigenvalue weighted by molar-refractivity contribution is 6.30. The Balaban J connectivity index is 2.31. The van der Waals surface area contributed by atoms with Crippen molar-refractivity contribution in [1.82, 2.24) is 9.97 Å². The normalized spacial score (nSPS) is 10.2. The Kier molecular flexibility index (Phi) is 3.01. The van der Waals surface area contributed by atoms with Gasteiger partial charge in [-0.1, -0.05) is 11.6 Å². The van der Waals surface area contributed by atoms with Crippen molar-refractivity contribution < 1.29 is 4.74 Å². The van der Waals surface area contributed by atoms with Gasteiger partial charge in [0.2, 0.25) is 11.8 Å².